The van der Waals surface area contributed by atoms with Gasteiger partial charge in [-0.15, -0.1) is 11.3 Å². The van der Waals surface area contributed by atoms with Crippen molar-refractivity contribution in [2.24, 2.45) is 5.16 Å². The third-order valence-electron chi connectivity index (χ3n) is 2.20. The molecule has 1 heterocycles. The van der Waals surface area contributed by atoms with Gasteiger partial charge in [-0.25, -0.2) is 4.79 Å². The molecular formula is C13H10ClNO3S. The molecule has 0 amide bonds. The third kappa shape index (κ3) is 4.08. The van der Waals surface area contributed by atoms with Crippen LogP contribution in [0.15, 0.2) is 41.6 Å². The molecular weight excluding hydrogens is 286 g/mol. The summed E-state index contributed by atoms with van der Waals surface area (Å²) in [5, 5.41) is 12.7. The summed E-state index contributed by atoms with van der Waals surface area (Å²) in [6.07, 6.45) is 1.49. The number of thiophene rings is 1. The predicted octanol–water partition coefficient (Wildman–Crippen LogP) is 3.50. The van der Waals surface area contributed by atoms with Crippen molar-refractivity contribution in [3.05, 3.63) is 46.3 Å². The molecule has 0 atom stereocenters. The zero-order valence-corrected chi connectivity index (χ0v) is 11.3. The van der Waals surface area contributed by atoms with Gasteiger partial charge in [0.1, 0.15) is 0 Å². The lowest BCUT2D eigenvalue weighted by atomic mass is 10.2. The van der Waals surface area contributed by atoms with Crippen LogP contribution in [0.2, 0.25) is 5.02 Å². The molecule has 0 radical (unpaired) electrons. The zero-order chi connectivity index (χ0) is 13.7. The Labute approximate surface area is 118 Å². The Balaban J connectivity index is 2.02. The molecule has 98 valence electrons. The smallest absolute Gasteiger partial charge is 0.344 e. The van der Waals surface area contributed by atoms with Gasteiger partial charge >= 0.3 is 5.97 Å². The molecule has 0 fully saturated rings. The molecule has 6 heteroatoms. The number of halogens is 1. The predicted molar refractivity (Wildman–Crippen MR) is 75.9 cm³/mol. The van der Waals surface area contributed by atoms with Gasteiger partial charge in [-0.1, -0.05) is 28.9 Å². The van der Waals surface area contributed by atoms with Gasteiger partial charge < -0.3 is 9.94 Å². The molecule has 0 aliphatic heterocycles. The first-order chi connectivity index (χ1) is 9.15. The minimum atomic E-state index is -1.05. The van der Waals surface area contributed by atoms with Crippen LogP contribution < -0.4 is 0 Å². The molecule has 19 heavy (non-hydrogen) atoms. The molecule has 1 N–H and O–H groups in total. The highest BCUT2D eigenvalue weighted by Crippen LogP contribution is 2.28. The number of carbonyl (C=O) groups is 1. The van der Waals surface area contributed by atoms with Crippen LogP contribution in [-0.4, -0.2) is 23.9 Å². The van der Waals surface area contributed by atoms with E-state index in [1.54, 1.807) is 0 Å². The van der Waals surface area contributed by atoms with Crippen molar-refractivity contribution in [1.82, 2.24) is 0 Å². The molecule has 0 unspecified atom stereocenters. The number of aliphatic carboxylic acids is 1. The maximum Gasteiger partial charge on any atom is 0.344 e. The fraction of sp³-hybridized carbons (Fsp3) is 0.0769. The van der Waals surface area contributed by atoms with Crippen molar-refractivity contribution in [3.63, 3.8) is 0 Å². The van der Waals surface area contributed by atoms with E-state index in [0.29, 0.717) is 5.02 Å². The van der Waals surface area contributed by atoms with E-state index in [1.807, 2.05) is 36.4 Å². The lowest BCUT2D eigenvalue weighted by Gasteiger charge is -1.96. The quantitative estimate of drug-likeness (QED) is 0.678. The maximum absolute atomic E-state index is 10.2. The van der Waals surface area contributed by atoms with E-state index in [2.05, 4.69) is 9.99 Å². The van der Waals surface area contributed by atoms with Gasteiger partial charge in [0, 0.05) is 14.8 Å². The number of rotatable bonds is 5. The van der Waals surface area contributed by atoms with Crippen LogP contribution in [0.4, 0.5) is 0 Å². The van der Waals surface area contributed by atoms with Crippen molar-refractivity contribution < 1.29 is 14.7 Å². The Kier molecular flexibility index (Phi) is 4.54. The maximum atomic E-state index is 10.2. The number of nitrogens with zero attached hydrogens (tertiary/aromatic N) is 1. The van der Waals surface area contributed by atoms with Crippen LogP contribution in [0.25, 0.3) is 10.4 Å². The molecule has 0 saturated heterocycles. The van der Waals surface area contributed by atoms with Crippen molar-refractivity contribution in [3.8, 4) is 10.4 Å². The fourth-order valence-electron chi connectivity index (χ4n) is 1.37. The number of hydrogen-bond donors (Lipinski definition) is 1. The molecule has 0 saturated carbocycles. The number of hydrogen-bond acceptors (Lipinski definition) is 4. The van der Waals surface area contributed by atoms with Gasteiger partial charge in [0.2, 0.25) is 6.61 Å². The van der Waals surface area contributed by atoms with Crippen LogP contribution >= 0.6 is 22.9 Å². The van der Waals surface area contributed by atoms with Gasteiger partial charge in [0.25, 0.3) is 0 Å². The zero-order valence-electron chi connectivity index (χ0n) is 9.75. The molecule has 0 aliphatic carbocycles. The summed E-state index contributed by atoms with van der Waals surface area (Å²) in [6.45, 7) is -0.439. The topological polar surface area (TPSA) is 58.9 Å². The first kappa shape index (κ1) is 13.6. The van der Waals surface area contributed by atoms with Crippen LogP contribution in [0.3, 0.4) is 0 Å². The highest BCUT2D eigenvalue weighted by molar-refractivity contribution is 7.17. The van der Waals surface area contributed by atoms with Gasteiger partial charge in [-0.2, -0.15) is 0 Å². The second kappa shape index (κ2) is 6.36. The number of oxime groups is 1. The third-order valence-corrected chi connectivity index (χ3v) is 3.52. The van der Waals surface area contributed by atoms with Gasteiger partial charge in [-0.05, 0) is 29.8 Å². The molecule has 1 aromatic carbocycles. The van der Waals surface area contributed by atoms with Gasteiger partial charge in [-0.3, -0.25) is 0 Å². The Bertz CT molecular complexity index is 592. The Hall–Kier alpha value is -1.85. The summed E-state index contributed by atoms with van der Waals surface area (Å²) in [5.74, 6) is -1.05. The average molecular weight is 296 g/mol. The summed E-state index contributed by atoms with van der Waals surface area (Å²) in [7, 11) is 0. The highest BCUT2D eigenvalue weighted by atomic mass is 35.5. The van der Waals surface area contributed by atoms with E-state index in [-0.39, 0.29) is 0 Å². The van der Waals surface area contributed by atoms with E-state index in [4.69, 9.17) is 16.7 Å². The van der Waals surface area contributed by atoms with Gasteiger partial charge in [0.15, 0.2) is 0 Å². The first-order valence-electron chi connectivity index (χ1n) is 5.38. The van der Waals surface area contributed by atoms with Crippen molar-refractivity contribution >= 4 is 35.1 Å². The van der Waals surface area contributed by atoms with E-state index in [1.165, 1.54) is 17.6 Å². The number of carboxylic acid groups (broad SMARTS) is 1. The fourth-order valence-corrected chi connectivity index (χ4v) is 2.37. The van der Waals surface area contributed by atoms with E-state index < -0.39 is 12.6 Å². The summed E-state index contributed by atoms with van der Waals surface area (Å²) in [6, 6.07) is 11.4. The highest BCUT2D eigenvalue weighted by Gasteiger charge is 2.01. The monoisotopic (exact) mass is 295 g/mol. The van der Waals surface area contributed by atoms with Crippen LogP contribution in [0.1, 0.15) is 4.88 Å². The first-order valence-corrected chi connectivity index (χ1v) is 6.57. The van der Waals surface area contributed by atoms with E-state index >= 15 is 0 Å². The number of carboxylic acids is 1. The van der Waals surface area contributed by atoms with Gasteiger partial charge in [0.05, 0.1) is 6.21 Å². The normalized spacial score (nSPS) is 10.8. The van der Waals surface area contributed by atoms with Crippen molar-refractivity contribution in [1.29, 1.82) is 0 Å². The van der Waals surface area contributed by atoms with E-state index in [0.717, 1.165) is 15.3 Å². The standard InChI is InChI=1S/C13H10ClNO3S/c14-10-3-1-9(2-4-10)12-6-5-11(19-12)7-15-18-8-13(16)17/h1-7H,8H2,(H,16,17). The Morgan fingerprint density at radius 1 is 1.32 bits per heavy atom. The molecule has 1 aromatic heterocycles. The van der Waals surface area contributed by atoms with E-state index in [9.17, 15) is 4.79 Å². The lowest BCUT2D eigenvalue weighted by Crippen LogP contribution is -2.03. The summed E-state index contributed by atoms with van der Waals surface area (Å²) < 4.78 is 0. The van der Waals surface area contributed by atoms with Crippen LogP contribution in [0, 0.1) is 0 Å². The minimum absolute atomic E-state index is 0.439. The van der Waals surface area contributed by atoms with Crippen LogP contribution in [-0.2, 0) is 9.63 Å². The summed E-state index contributed by atoms with van der Waals surface area (Å²) in [4.78, 5) is 16.8. The summed E-state index contributed by atoms with van der Waals surface area (Å²) in [5.41, 5.74) is 1.07. The molecule has 4 nitrogen and oxygen atoms in total. The molecule has 2 aromatic rings. The Morgan fingerprint density at radius 2 is 2.05 bits per heavy atom. The SMILES string of the molecule is O=C(O)CON=Cc1ccc(-c2ccc(Cl)cc2)s1. The minimum Gasteiger partial charge on any atom is -0.479 e. The summed E-state index contributed by atoms with van der Waals surface area (Å²) >= 11 is 7.36. The molecule has 2 rings (SSSR count). The lowest BCUT2D eigenvalue weighted by molar-refractivity contribution is -0.142. The number of benzene rings is 1. The van der Waals surface area contributed by atoms with Crippen molar-refractivity contribution in [2.45, 2.75) is 0 Å². The largest absolute Gasteiger partial charge is 0.479 e. The average Bonchev–Trinajstić information content (AvgIpc) is 2.84. The second-order valence-corrected chi connectivity index (χ2v) is 5.16. The molecule has 0 bridgehead atoms. The second-order valence-electron chi connectivity index (χ2n) is 3.61. The Morgan fingerprint density at radius 3 is 2.74 bits per heavy atom. The van der Waals surface area contributed by atoms with Crippen molar-refractivity contribution in [2.75, 3.05) is 6.61 Å². The van der Waals surface area contributed by atoms with Crippen LogP contribution in [0.5, 0.6) is 0 Å². The molecule has 0 aliphatic rings. The molecule has 0 spiro atoms.